The number of benzene rings is 2. The largest absolute Gasteiger partial charge is 0.497 e. The lowest BCUT2D eigenvalue weighted by Gasteiger charge is -2.17. The fourth-order valence-electron chi connectivity index (χ4n) is 2.68. The van der Waals surface area contributed by atoms with Crippen molar-refractivity contribution in [3.63, 3.8) is 0 Å². The van der Waals surface area contributed by atoms with Crippen molar-refractivity contribution in [3.05, 3.63) is 53.1 Å². The van der Waals surface area contributed by atoms with Gasteiger partial charge in [0.1, 0.15) is 17.2 Å². The van der Waals surface area contributed by atoms with Crippen molar-refractivity contribution in [2.75, 3.05) is 28.4 Å². The molecule has 0 atom stereocenters. The number of aliphatic imine (C=N–C) groups is 1. The van der Waals surface area contributed by atoms with Crippen LogP contribution in [0.2, 0.25) is 0 Å². The SMILES string of the molecule is CN=C(NCc1ccc(OC)cc1OC)NCc1ccc(OC)cc1C(F)(F)F.I. The molecule has 0 aliphatic rings. The smallest absolute Gasteiger partial charge is 0.416 e. The van der Waals surface area contributed by atoms with Gasteiger partial charge in [-0.15, -0.1) is 24.0 Å². The van der Waals surface area contributed by atoms with Crippen molar-refractivity contribution in [1.29, 1.82) is 0 Å². The van der Waals surface area contributed by atoms with E-state index in [1.165, 1.54) is 19.2 Å². The molecule has 0 unspecified atom stereocenters. The van der Waals surface area contributed by atoms with Gasteiger partial charge in [-0.2, -0.15) is 13.2 Å². The van der Waals surface area contributed by atoms with Crippen LogP contribution < -0.4 is 24.8 Å². The summed E-state index contributed by atoms with van der Waals surface area (Å²) in [5.74, 6) is 1.79. The molecule has 0 aliphatic heterocycles. The molecule has 0 bridgehead atoms. The Morgan fingerprint density at radius 3 is 1.90 bits per heavy atom. The van der Waals surface area contributed by atoms with E-state index in [-0.39, 0.29) is 41.8 Å². The third-order valence-electron chi connectivity index (χ3n) is 4.23. The molecule has 0 saturated heterocycles. The molecule has 0 saturated carbocycles. The lowest BCUT2D eigenvalue weighted by Crippen LogP contribution is -2.36. The average molecular weight is 539 g/mol. The summed E-state index contributed by atoms with van der Waals surface area (Å²) < 4.78 is 55.4. The molecular formula is C20H25F3IN3O3. The van der Waals surface area contributed by atoms with Crippen LogP contribution in [-0.2, 0) is 19.3 Å². The first-order valence-corrected chi connectivity index (χ1v) is 8.72. The van der Waals surface area contributed by atoms with Crippen LogP contribution in [0.1, 0.15) is 16.7 Å². The lowest BCUT2D eigenvalue weighted by molar-refractivity contribution is -0.138. The van der Waals surface area contributed by atoms with Crippen molar-refractivity contribution in [1.82, 2.24) is 10.6 Å². The number of ether oxygens (including phenoxy) is 3. The number of halogens is 4. The molecule has 2 N–H and O–H groups in total. The maximum Gasteiger partial charge on any atom is 0.416 e. The van der Waals surface area contributed by atoms with Crippen LogP contribution >= 0.6 is 24.0 Å². The Balaban J connectivity index is 0.00000450. The molecule has 0 amide bonds. The first-order chi connectivity index (χ1) is 13.8. The van der Waals surface area contributed by atoms with Gasteiger partial charge in [-0.25, -0.2) is 0 Å². The zero-order chi connectivity index (χ0) is 21.4. The van der Waals surface area contributed by atoms with Gasteiger partial charge in [0, 0.05) is 31.8 Å². The fourth-order valence-corrected chi connectivity index (χ4v) is 2.68. The van der Waals surface area contributed by atoms with Crippen LogP contribution in [0.5, 0.6) is 17.2 Å². The molecular weight excluding hydrogens is 514 g/mol. The van der Waals surface area contributed by atoms with Gasteiger partial charge < -0.3 is 24.8 Å². The molecule has 10 heteroatoms. The van der Waals surface area contributed by atoms with Crippen LogP contribution in [-0.4, -0.2) is 34.3 Å². The van der Waals surface area contributed by atoms with E-state index in [2.05, 4.69) is 15.6 Å². The number of hydrogen-bond donors (Lipinski definition) is 2. The Labute approximate surface area is 190 Å². The number of methoxy groups -OCH3 is 3. The zero-order valence-corrected chi connectivity index (χ0v) is 19.4. The first kappa shape index (κ1) is 25.7. The maximum atomic E-state index is 13.3. The van der Waals surface area contributed by atoms with Gasteiger partial charge in [0.15, 0.2) is 5.96 Å². The van der Waals surface area contributed by atoms with Gasteiger partial charge in [0.2, 0.25) is 0 Å². The molecule has 30 heavy (non-hydrogen) atoms. The molecule has 0 fully saturated rings. The minimum atomic E-state index is -4.49. The second kappa shape index (κ2) is 11.7. The first-order valence-electron chi connectivity index (χ1n) is 8.72. The number of guanidine groups is 1. The van der Waals surface area contributed by atoms with Crippen molar-refractivity contribution < 1.29 is 27.4 Å². The van der Waals surface area contributed by atoms with Crippen molar-refractivity contribution in [3.8, 4) is 17.2 Å². The van der Waals surface area contributed by atoms with E-state index >= 15 is 0 Å². The van der Waals surface area contributed by atoms with Gasteiger partial charge in [-0.05, 0) is 29.8 Å². The molecule has 166 valence electrons. The molecule has 2 rings (SSSR count). The molecule has 2 aromatic carbocycles. The fraction of sp³-hybridized carbons (Fsp3) is 0.350. The molecule has 2 aromatic rings. The van der Waals surface area contributed by atoms with Crippen molar-refractivity contribution in [2.45, 2.75) is 19.3 Å². The summed E-state index contributed by atoms with van der Waals surface area (Å²) in [6, 6.07) is 9.24. The maximum absolute atomic E-state index is 13.3. The van der Waals surface area contributed by atoms with E-state index in [9.17, 15) is 13.2 Å². The number of rotatable bonds is 7. The van der Waals surface area contributed by atoms with E-state index < -0.39 is 11.7 Å². The zero-order valence-electron chi connectivity index (χ0n) is 17.1. The van der Waals surface area contributed by atoms with E-state index in [0.29, 0.717) is 24.0 Å². The Morgan fingerprint density at radius 2 is 1.40 bits per heavy atom. The molecule has 0 radical (unpaired) electrons. The van der Waals surface area contributed by atoms with Crippen LogP contribution in [0.3, 0.4) is 0 Å². The molecule has 0 spiro atoms. The van der Waals surface area contributed by atoms with Crippen LogP contribution in [0, 0.1) is 0 Å². The quantitative estimate of drug-likeness (QED) is 0.314. The molecule has 0 aromatic heterocycles. The summed E-state index contributed by atoms with van der Waals surface area (Å²) in [6.45, 7) is 0.305. The third kappa shape index (κ3) is 6.85. The number of nitrogens with one attached hydrogen (secondary N) is 2. The number of alkyl halides is 3. The molecule has 0 aliphatic carbocycles. The monoisotopic (exact) mass is 539 g/mol. The minimum absolute atomic E-state index is 0. The number of hydrogen-bond acceptors (Lipinski definition) is 4. The van der Waals surface area contributed by atoms with Crippen LogP contribution in [0.25, 0.3) is 0 Å². The van der Waals surface area contributed by atoms with Gasteiger partial charge in [-0.1, -0.05) is 6.07 Å². The van der Waals surface area contributed by atoms with Gasteiger partial charge in [0.05, 0.1) is 26.9 Å². The van der Waals surface area contributed by atoms with E-state index in [1.54, 1.807) is 33.4 Å². The molecule has 6 nitrogen and oxygen atoms in total. The highest BCUT2D eigenvalue weighted by Gasteiger charge is 2.33. The summed E-state index contributed by atoms with van der Waals surface area (Å²) in [4.78, 5) is 4.06. The van der Waals surface area contributed by atoms with Crippen molar-refractivity contribution in [2.24, 2.45) is 4.99 Å². The van der Waals surface area contributed by atoms with Gasteiger partial charge >= 0.3 is 6.18 Å². The Morgan fingerprint density at radius 1 is 0.867 bits per heavy atom. The van der Waals surface area contributed by atoms with E-state index in [4.69, 9.17) is 14.2 Å². The molecule has 0 heterocycles. The predicted molar refractivity (Wildman–Crippen MR) is 120 cm³/mol. The van der Waals surface area contributed by atoms with Gasteiger partial charge in [-0.3, -0.25) is 4.99 Å². The summed E-state index contributed by atoms with van der Waals surface area (Å²) in [6.07, 6.45) is -4.49. The van der Waals surface area contributed by atoms with E-state index in [1.807, 2.05) is 6.07 Å². The minimum Gasteiger partial charge on any atom is -0.497 e. The highest BCUT2D eigenvalue weighted by molar-refractivity contribution is 14.0. The standard InChI is InChI=1S/C20H24F3N3O3.HI/c1-24-19(26-12-14-6-8-16(28-3)10-18(14)29-4)25-11-13-5-7-15(27-2)9-17(13)20(21,22)23;/h5-10H,11-12H2,1-4H3,(H2,24,25,26);1H. The lowest BCUT2D eigenvalue weighted by atomic mass is 10.1. The third-order valence-corrected chi connectivity index (χ3v) is 4.23. The second-order valence-electron chi connectivity index (χ2n) is 5.98. The van der Waals surface area contributed by atoms with Crippen molar-refractivity contribution >= 4 is 29.9 Å². The second-order valence-corrected chi connectivity index (χ2v) is 5.98. The van der Waals surface area contributed by atoms with Crippen LogP contribution in [0.4, 0.5) is 13.2 Å². The normalized spacial score (nSPS) is 11.4. The highest BCUT2D eigenvalue weighted by Crippen LogP contribution is 2.34. The predicted octanol–water partition coefficient (Wildman–Crippen LogP) is 4.21. The van der Waals surface area contributed by atoms with Crippen LogP contribution in [0.15, 0.2) is 41.4 Å². The van der Waals surface area contributed by atoms with E-state index in [0.717, 1.165) is 11.6 Å². The highest BCUT2D eigenvalue weighted by atomic mass is 127. The number of nitrogens with zero attached hydrogens (tertiary/aromatic N) is 1. The Bertz CT molecular complexity index is 861. The van der Waals surface area contributed by atoms with Gasteiger partial charge in [0.25, 0.3) is 0 Å². The Kier molecular flexibility index (Phi) is 10.0. The summed E-state index contributed by atoms with van der Waals surface area (Å²) in [5.41, 5.74) is 0.177. The summed E-state index contributed by atoms with van der Waals surface area (Å²) >= 11 is 0. The average Bonchev–Trinajstić information content (AvgIpc) is 2.73. The summed E-state index contributed by atoms with van der Waals surface area (Å²) in [7, 11) is 5.98. The summed E-state index contributed by atoms with van der Waals surface area (Å²) in [5, 5.41) is 5.96. The Hall–Kier alpha value is -2.37. The topological polar surface area (TPSA) is 64.1 Å².